The first kappa shape index (κ1) is 24.1. The quantitative estimate of drug-likeness (QED) is 0.226. The lowest BCUT2D eigenvalue weighted by molar-refractivity contribution is 0.394. The predicted octanol–water partition coefficient (Wildman–Crippen LogP) is 2.74. The molecule has 2 aromatic rings. The van der Waals surface area contributed by atoms with Gasteiger partial charge in [-0.25, -0.2) is 0 Å². The first-order valence-electron chi connectivity index (χ1n) is 10.2. The van der Waals surface area contributed by atoms with Crippen molar-refractivity contribution in [2.75, 3.05) is 45.3 Å². The van der Waals surface area contributed by atoms with Crippen LogP contribution in [0.3, 0.4) is 0 Å². The zero-order valence-electron chi connectivity index (χ0n) is 18.0. The minimum Gasteiger partial charge on any atom is -0.497 e. The van der Waals surface area contributed by atoms with Gasteiger partial charge >= 0.3 is 0 Å². The van der Waals surface area contributed by atoms with Crippen LogP contribution in [0, 0.1) is 0 Å². The van der Waals surface area contributed by atoms with Crippen molar-refractivity contribution in [1.82, 2.24) is 20.4 Å². The van der Waals surface area contributed by atoms with Gasteiger partial charge in [0, 0.05) is 75.0 Å². The van der Waals surface area contributed by atoms with Crippen molar-refractivity contribution >= 4 is 35.6 Å². The van der Waals surface area contributed by atoms with E-state index in [1.54, 1.807) is 20.4 Å². The molecule has 2 N–H and O–H groups in total. The molecule has 1 fully saturated rings. The molecule has 166 valence electrons. The fraction of sp³-hybridized carbons (Fsp3) is 0.524. The Morgan fingerprint density at radius 2 is 2.00 bits per heavy atom. The van der Waals surface area contributed by atoms with Gasteiger partial charge in [-0.1, -0.05) is 0 Å². The molecule has 30 heavy (non-hydrogen) atoms. The molecule has 9 heteroatoms. The van der Waals surface area contributed by atoms with Gasteiger partial charge in [0.15, 0.2) is 5.96 Å². The number of hydrogen-bond acceptors (Lipinski definition) is 5. The Kier molecular flexibility index (Phi) is 10.0. The smallest absolute Gasteiger partial charge is 0.191 e. The van der Waals surface area contributed by atoms with Crippen LogP contribution < -0.4 is 25.0 Å². The molecule has 0 spiro atoms. The number of nitrogens with one attached hydrogen (secondary N) is 2. The molecule has 2 heterocycles. The zero-order valence-corrected chi connectivity index (χ0v) is 20.3. The van der Waals surface area contributed by atoms with Gasteiger partial charge < -0.3 is 25.0 Å². The van der Waals surface area contributed by atoms with Gasteiger partial charge in [-0.15, -0.1) is 24.0 Å². The number of hydrogen-bond donors (Lipinski definition) is 2. The van der Waals surface area contributed by atoms with E-state index in [4.69, 9.17) is 14.5 Å². The fourth-order valence-corrected chi connectivity index (χ4v) is 3.46. The Morgan fingerprint density at radius 1 is 1.23 bits per heavy atom. The molecule has 1 aliphatic heterocycles. The zero-order chi connectivity index (χ0) is 20.5. The van der Waals surface area contributed by atoms with Gasteiger partial charge in [-0.2, -0.15) is 5.10 Å². The maximum absolute atomic E-state index is 5.40. The number of aromatic nitrogens is 2. The number of guanidine groups is 1. The predicted molar refractivity (Wildman–Crippen MR) is 132 cm³/mol. The highest BCUT2D eigenvalue weighted by Gasteiger charge is 2.24. The minimum absolute atomic E-state index is 0. The highest BCUT2D eigenvalue weighted by Crippen LogP contribution is 2.30. The summed E-state index contributed by atoms with van der Waals surface area (Å²) in [5.41, 5.74) is 1.12. The van der Waals surface area contributed by atoms with Gasteiger partial charge in [0.2, 0.25) is 0 Å². The molecule has 0 amide bonds. The topological polar surface area (TPSA) is 75.9 Å². The van der Waals surface area contributed by atoms with Crippen LogP contribution in [0.5, 0.6) is 11.5 Å². The normalized spacial score (nSPS) is 16.2. The van der Waals surface area contributed by atoms with E-state index < -0.39 is 0 Å². The van der Waals surface area contributed by atoms with E-state index in [-0.39, 0.29) is 24.0 Å². The summed E-state index contributed by atoms with van der Waals surface area (Å²) in [5, 5.41) is 11.2. The first-order chi connectivity index (χ1) is 14.2. The lowest BCUT2D eigenvalue weighted by Gasteiger charge is -2.21. The van der Waals surface area contributed by atoms with Crippen LogP contribution in [0.4, 0.5) is 5.69 Å². The summed E-state index contributed by atoms with van der Waals surface area (Å²) >= 11 is 0. The second kappa shape index (κ2) is 12.5. The van der Waals surface area contributed by atoms with Crippen molar-refractivity contribution in [3.63, 3.8) is 0 Å². The Morgan fingerprint density at radius 3 is 2.63 bits per heavy atom. The molecule has 0 saturated carbocycles. The largest absolute Gasteiger partial charge is 0.497 e. The number of benzene rings is 1. The molecule has 1 aromatic heterocycles. The van der Waals surface area contributed by atoms with E-state index in [2.05, 4.69) is 39.7 Å². The van der Waals surface area contributed by atoms with Crippen molar-refractivity contribution in [3.05, 3.63) is 36.7 Å². The molecule has 1 aliphatic rings. The van der Waals surface area contributed by atoms with E-state index in [1.165, 1.54) is 0 Å². The second-order valence-corrected chi connectivity index (χ2v) is 7.03. The van der Waals surface area contributed by atoms with Gasteiger partial charge in [0.05, 0.1) is 14.2 Å². The molecule has 1 aromatic carbocycles. The lowest BCUT2D eigenvalue weighted by atomic mass is 10.2. The molecule has 3 rings (SSSR count). The molecule has 1 saturated heterocycles. The number of anilines is 1. The molecule has 1 unspecified atom stereocenters. The standard InChI is InChI=1S/C21H32N6O2.HI/c1-4-22-21(23-8-5-10-27-11-6-9-24-27)25-17-7-12-26(16-17)18-13-19(28-2)15-20(14-18)29-3;/h6,9,11,13-15,17H,4-5,7-8,10,12,16H2,1-3H3,(H2,22,23,25);1H. The molecule has 8 nitrogen and oxygen atoms in total. The molecule has 0 radical (unpaired) electrons. The number of aliphatic imine (C=N–C) groups is 1. The van der Waals surface area contributed by atoms with E-state index in [0.717, 1.165) is 68.7 Å². The minimum atomic E-state index is 0. The number of halogens is 1. The highest BCUT2D eigenvalue weighted by atomic mass is 127. The SMILES string of the molecule is CCNC(=NCCCn1cccn1)NC1CCN(c2cc(OC)cc(OC)c2)C1.I. The number of rotatable bonds is 9. The summed E-state index contributed by atoms with van der Waals surface area (Å²) < 4.78 is 12.7. The number of aryl methyl sites for hydroxylation is 1. The van der Waals surface area contributed by atoms with Crippen LogP contribution in [-0.4, -0.2) is 62.2 Å². The Labute approximate surface area is 196 Å². The monoisotopic (exact) mass is 528 g/mol. The summed E-state index contributed by atoms with van der Waals surface area (Å²) in [6, 6.07) is 8.29. The van der Waals surface area contributed by atoms with E-state index in [9.17, 15) is 0 Å². The summed E-state index contributed by atoms with van der Waals surface area (Å²) in [6.07, 6.45) is 5.79. The molecule has 0 bridgehead atoms. The second-order valence-electron chi connectivity index (χ2n) is 7.03. The van der Waals surface area contributed by atoms with Crippen LogP contribution in [0.25, 0.3) is 0 Å². The summed E-state index contributed by atoms with van der Waals surface area (Å²) in [4.78, 5) is 7.07. The van der Waals surface area contributed by atoms with Gasteiger partial charge in [0.25, 0.3) is 0 Å². The van der Waals surface area contributed by atoms with E-state index in [0.29, 0.717) is 6.04 Å². The summed E-state index contributed by atoms with van der Waals surface area (Å²) in [5.74, 6) is 2.49. The molecule has 1 atom stereocenters. The molecule has 0 aliphatic carbocycles. The Balaban J connectivity index is 0.00000320. The van der Waals surface area contributed by atoms with E-state index >= 15 is 0 Å². The van der Waals surface area contributed by atoms with E-state index in [1.807, 2.05) is 23.0 Å². The maximum Gasteiger partial charge on any atom is 0.191 e. The van der Waals surface area contributed by atoms with Crippen molar-refractivity contribution in [3.8, 4) is 11.5 Å². The van der Waals surface area contributed by atoms with Crippen LogP contribution in [0.15, 0.2) is 41.7 Å². The molecular formula is C21H33IN6O2. The van der Waals surface area contributed by atoms with Crippen molar-refractivity contribution < 1.29 is 9.47 Å². The fourth-order valence-electron chi connectivity index (χ4n) is 3.46. The van der Waals surface area contributed by atoms with Gasteiger partial charge in [-0.05, 0) is 25.8 Å². The summed E-state index contributed by atoms with van der Waals surface area (Å²) in [6.45, 7) is 6.46. The number of methoxy groups -OCH3 is 2. The third-order valence-corrected chi connectivity index (χ3v) is 4.95. The molecular weight excluding hydrogens is 495 g/mol. The third-order valence-electron chi connectivity index (χ3n) is 4.95. The average Bonchev–Trinajstić information content (AvgIpc) is 3.43. The summed E-state index contributed by atoms with van der Waals surface area (Å²) in [7, 11) is 3.36. The lowest BCUT2D eigenvalue weighted by Crippen LogP contribution is -2.44. The van der Waals surface area contributed by atoms with Gasteiger partial charge in [-0.3, -0.25) is 9.67 Å². The van der Waals surface area contributed by atoms with Gasteiger partial charge in [0.1, 0.15) is 11.5 Å². The highest BCUT2D eigenvalue weighted by molar-refractivity contribution is 14.0. The van der Waals surface area contributed by atoms with Crippen LogP contribution in [0.1, 0.15) is 19.8 Å². The third kappa shape index (κ3) is 6.96. The number of nitrogens with zero attached hydrogens (tertiary/aromatic N) is 4. The van der Waals surface area contributed by atoms with Crippen LogP contribution in [0.2, 0.25) is 0 Å². The van der Waals surface area contributed by atoms with Crippen molar-refractivity contribution in [2.24, 2.45) is 4.99 Å². The Bertz CT molecular complexity index is 762. The maximum atomic E-state index is 5.40. The number of ether oxygens (including phenoxy) is 2. The van der Waals surface area contributed by atoms with Crippen molar-refractivity contribution in [1.29, 1.82) is 0 Å². The first-order valence-corrected chi connectivity index (χ1v) is 10.2. The van der Waals surface area contributed by atoms with Crippen LogP contribution >= 0.6 is 24.0 Å². The average molecular weight is 528 g/mol. The van der Waals surface area contributed by atoms with Crippen LogP contribution in [-0.2, 0) is 6.54 Å². The van der Waals surface area contributed by atoms with Crippen molar-refractivity contribution in [2.45, 2.75) is 32.4 Å². The Hall–Kier alpha value is -2.17.